The van der Waals surface area contributed by atoms with Gasteiger partial charge < -0.3 is 15.7 Å². The van der Waals surface area contributed by atoms with Crippen molar-refractivity contribution in [3.05, 3.63) is 71.5 Å². The number of aromatic nitrogens is 1. The summed E-state index contributed by atoms with van der Waals surface area (Å²) in [6, 6.07) is 10.2. The number of benzene rings is 2. The first-order chi connectivity index (χ1) is 16.5. The number of rotatable bonds is 8. The lowest BCUT2D eigenvalue weighted by molar-refractivity contribution is -0.128. The predicted octanol–water partition coefficient (Wildman–Crippen LogP) is 4.40. The summed E-state index contributed by atoms with van der Waals surface area (Å²) in [5.74, 6) is -2.30. The zero-order valence-electron chi connectivity index (χ0n) is 19.6. The molecule has 0 saturated carbocycles. The molecule has 0 aliphatic carbocycles. The van der Waals surface area contributed by atoms with E-state index >= 15 is 0 Å². The highest BCUT2D eigenvalue weighted by Crippen LogP contribution is 2.32. The van der Waals surface area contributed by atoms with Gasteiger partial charge in [-0.2, -0.15) is 0 Å². The van der Waals surface area contributed by atoms with Crippen LogP contribution >= 0.6 is 11.3 Å². The zero-order valence-corrected chi connectivity index (χ0v) is 20.4. The summed E-state index contributed by atoms with van der Waals surface area (Å²) >= 11 is 1.24. The number of aromatic hydroxyl groups is 1. The van der Waals surface area contributed by atoms with Crippen LogP contribution in [-0.2, 0) is 14.4 Å². The van der Waals surface area contributed by atoms with Crippen LogP contribution in [0.15, 0.2) is 60.1 Å². The Morgan fingerprint density at radius 1 is 1.09 bits per heavy atom. The van der Waals surface area contributed by atoms with Crippen molar-refractivity contribution in [2.75, 3.05) is 10.2 Å². The van der Waals surface area contributed by atoms with Gasteiger partial charge in [-0.15, -0.1) is 11.3 Å². The molecule has 0 saturated heterocycles. The summed E-state index contributed by atoms with van der Waals surface area (Å²) in [7, 11) is 0. The molecule has 1 aromatic heterocycles. The smallest absolute Gasteiger partial charge is 0.248 e. The Balaban J connectivity index is 1.97. The Morgan fingerprint density at radius 2 is 1.77 bits per heavy atom. The second-order valence-corrected chi connectivity index (χ2v) is 9.73. The van der Waals surface area contributed by atoms with E-state index < -0.39 is 35.1 Å². The van der Waals surface area contributed by atoms with Gasteiger partial charge in [-0.1, -0.05) is 24.3 Å². The van der Waals surface area contributed by atoms with Gasteiger partial charge in [0.05, 0.1) is 5.69 Å². The van der Waals surface area contributed by atoms with Crippen LogP contribution in [0.4, 0.5) is 15.2 Å². The van der Waals surface area contributed by atoms with Crippen LogP contribution in [0.5, 0.6) is 5.75 Å². The van der Waals surface area contributed by atoms with Crippen molar-refractivity contribution in [3.8, 4) is 5.75 Å². The van der Waals surface area contributed by atoms with Gasteiger partial charge in [0.1, 0.15) is 17.6 Å². The minimum Gasteiger partial charge on any atom is -0.508 e. The number of para-hydroxylation sites is 1. The topological polar surface area (TPSA) is 112 Å². The Hall–Kier alpha value is -3.79. The molecule has 10 heteroatoms. The number of carbonyl (C=O) groups excluding carboxylic acids is 3. The van der Waals surface area contributed by atoms with Crippen LogP contribution in [-0.4, -0.2) is 33.4 Å². The van der Waals surface area contributed by atoms with E-state index in [1.165, 1.54) is 53.8 Å². The highest BCUT2D eigenvalue weighted by atomic mass is 32.1. The molecule has 0 spiro atoms. The Labute approximate surface area is 206 Å². The van der Waals surface area contributed by atoms with Crippen LogP contribution in [0.2, 0.25) is 0 Å². The van der Waals surface area contributed by atoms with Crippen LogP contribution in [0.25, 0.3) is 0 Å². The standard InChI is InChI=1S/C25H27FN4O4S/c1-25(2,3)29-23(34)22(16-8-10-17(31)11-9-16)30(19-7-5-4-6-18(19)26)21(33)13-12-20(32)28-24-27-14-15-35-24/h4-11,14-15,22,31H,12-13H2,1-3H3,(H,29,34)(H,27,28,32)/t22-/m0/s1. The van der Waals surface area contributed by atoms with Gasteiger partial charge in [0.15, 0.2) is 5.13 Å². The highest BCUT2D eigenvalue weighted by molar-refractivity contribution is 7.13. The second kappa shape index (κ2) is 11.1. The molecule has 0 radical (unpaired) electrons. The number of amides is 3. The van der Waals surface area contributed by atoms with Crippen molar-refractivity contribution in [3.63, 3.8) is 0 Å². The molecule has 3 amide bonds. The van der Waals surface area contributed by atoms with Crippen molar-refractivity contribution >= 4 is 39.9 Å². The molecule has 0 aliphatic rings. The summed E-state index contributed by atoms with van der Waals surface area (Å²) in [5.41, 5.74) is -0.363. The van der Waals surface area contributed by atoms with E-state index in [4.69, 9.17) is 0 Å². The van der Waals surface area contributed by atoms with Crippen molar-refractivity contribution < 1.29 is 23.9 Å². The van der Waals surface area contributed by atoms with E-state index in [1.54, 1.807) is 38.4 Å². The Bertz CT molecular complexity index is 1180. The summed E-state index contributed by atoms with van der Waals surface area (Å²) < 4.78 is 14.9. The number of phenols is 1. The molecular weight excluding hydrogens is 471 g/mol. The molecule has 184 valence electrons. The summed E-state index contributed by atoms with van der Waals surface area (Å²) in [6.07, 6.45) is 1.08. The van der Waals surface area contributed by atoms with E-state index in [0.29, 0.717) is 10.7 Å². The van der Waals surface area contributed by atoms with Crippen molar-refractivity contribution in [2.45, 2.75) is 45.2 Å². The first-order valence-electron chi connectivity index (χ1n) is 10.9. The third-order valence-electron chi connectivity index (χ3n) is 4.84. The molecule has 3 aromatic rings. The predicted molar refractivity (Wildman–Crippen MR) is 133 cm³/mol. The first-order valence-corrected chi connectivity index (χ1v) is 11.8. The normalized spacial score (nSPS) is 12.0. The van der Waals surface area contributed by atoms with Crippen LogP contribution in [0.1, 0.15) is 45.2 Å². The largest absolute Gasteiger partial charge is 0.508 e. The number of carbonyl (C=O) groups is 3. The molecular formula is C25H27FN4O4S. The van der Waals surface area contributed by atoms with Crippen LogP contribution in [0, 0.1) is 5.82 Å². The van der Waals surface area contributed by atoms with Crippen molar-refractivity contribution in [2.24, 2.45) is 0 Å². The van der Waals surface area contributed by atoms with Crippen LogP contribution in [0.3, 0.4) is 0 Å². The van der Waals surface area contributed by atoms with Crippen molar-refractivity contribution in [1.82, 2.24) is 10.3 Å². The number of hydrogen-bond acceptors (Lipinski definition) is 6. The Morgan fingerprint density at radius 3 is 2.37 bits per heavy atom. The molecule has 2 aromatic carbocycles. The van der Waals surface area contributed by atoms with Gasteiger partial charge in [0.2, 0.25) is 17.7 Å². The second-order valence-electron chi connectivity index (χ2n) is 8.83. The number of nitrogens with zero attached hydrogens (tertiary/aromatic N) is 2. The van der Waals surface area contributed by atoms with Gasteiger partial charge in [0, 0.05) is 30.0 Å². The molecule has 1 heterocycles. The van der Waals surface area contributed by atoms with E-state index in [-0.39, 0.29) is 24.3 Å². The first kappa shape index (κ1) is 25.8. The third kappa shape index (κ3) is 7.10. The van der Waals surface area contributed by atoms with Gasteiger partial charge in [-0.05, 0) is 50.6 Å². The van der Waals surface area contributed by atoms with E-state index in [2.05, 4.69) is 15.6 Å². The molecule has 3 rings (SSSR count). The van der Waals surface area contributed by atoms with Gasteiger partial charge in [-0.25, -0.2) is 9.37 Å². The number of phenolic OH excluding ortho intramolecular Hbond substituents is 1. The fourth-order valence-corrected chi connectivity index (χ4v) is 3.93. The van der Waals surface area contributed by atoms with E-state index in [1.807, 2.05) is 0 Å². The minimum absolute atomic E-state index is 0.0219. The lowest BCUT2D eigenvalue weighted by Crippen LogP contribution is -2.49. The van der Waals surface area contributed by atoms with Gasteiger partial charge in [0.25, 0.3) is 0 Å². The van der Waals surface area contributed by atoms with Crippen molar-refractivity contribution in [1.29, 1.82) is 0 Å². The molecule has 0 bridgehead atoms. The number of halogens is 1. The maximum atomic E-state index is 14.9. The summed E-state index contributed by atoms with van der Waals surface area (Å²) in [6.45, 7) is 5.37. The molecule has 0 unspecified atom stereocenters. The number of thiazole rings is 1. The average Bonchev–Trinajstić information content (AvgIpc) is 3.29. The number of anilines is 2. The lowest BCUT2D eigenvalue weighted by atomic mass is 10.00. The maximum absolute atomic E-state index is 14.9. The monoisotopic (exact) mass is 498 g/mol. The van der Waals surface area contributed by atoms with Gasteiger partial charge >= 0.3 is 0 Å². The van der Waals surface area contributed by atoms with E-state index in [9.17, 15) is 23.9 Å². The molecule has 3 N–H and O–H groups in total. The van der Waals surface area contributed by atoms with E-state index in [0.717, 1.165) is 4.90 Å². The fourth-order valence-electron chi connectivity index (χ4n) is 3.38. The molecule has 35 heavy (non-hydrogen) atoms. The van der Waals surface area contributed by atoms with Gasteiger partial charge in [-0.3, -0.25) is 19.3 Å². The number of hydrogen-bond donors (Lipinski definition) is 3. The Kier molecular flexibility index (Phi) is 8.18. The quantitative estimate of drug-likeness (QED) is 0.426. The molecule has 0 aliphatic heterocycles. The molecule has 0 fully saturated rings. The number of nitrogens with one attached hydrogen (secondary N) is 2. The molecule has 8 nitrogen and oxygen atoms in total. The zero-order chi connectivity index (χ0) is 25.6. The summed E-state index contributed by atoms with van der Waals surface area (Å²) in [5, 5.41) is 17.3. The fraction of sp³-hybridized carbons (Fsp3) is 0.280. The maximum Gasteiger partial charge on any atom is 0.248 e. The van der Waals surface area contributed by atoms with Crippen LogP contribution < -0.4 is 15.5 Å². The lowest BCUT2D eigenvalue weighted by Gasteiger charge is -2.34. The minimum atomic E-state index is -1.25. The third-order valence-corrected chi connectivity index (χ3v) is 5.53. The highest BCUT2D eigenvalue weighted by Gasteiger charge is 2.35. The summed E-state index contributed by atoms with van der Waals surface area (Å²) in [4.78, 5) is 44.3. The SMILES string of the molecule is CC(C)(C)NC(=O)[C@H](c1ccc(O)cc1)N(C(=O)CCC(=O)Nc1nccs1)c1ccccc1F. The molecule has 1 atom stereocenters. The average molecular weight is 499 g/mol.